The molecule has 0 unspecified atom stereocenters. The highest BCUT2D eigenvalue weighted by atomic mass is 32.2. The molecule has 0 saturated heterocycles. The summed E-state index contributed by atoms with van der Waals surface area (Å²) in [6.07, 6.45) is 5.30. The fraction of sp³-hybridized carbons (Fsp3) is 0.0769. The van der Waals surface area contributed by atoms with Gasteiger partial charge in [0.15, 0.2) is 0 Å². The highest BCUT2D eigenvalue weighted by Crippen LogP contribution is 2.26. The predicted octanol–water partition coefficient (Wildman–Crippen LogP) is 3.49. The number of imidazole rings is 1. The monoisotopic (exact) mass is 259 g/mol. The average Bonchev–Trinajstić information content (AvgIpc) is 2.82. The SMILES string of the molecule is CSc1ccc(F)c(-c2nc3cnccc3[nH]2)c1. The first-order chi connectivity index (χ1) is 8.78. The van der Waals surface area contributed by atoms with Gasteiger partial charge >= 0.3 is 0 Å². The number of aromatic nitrogens is 3. The van der Waals surface area contributed by atoms with Crippen LogP contribution in [0.3, 0.4) is 0 Å². The van der Waals surface area contributed by atoms with E-state index in [1.165, 1.54) is 6.07 Å². The van der Waals surface area contributed by atoms with E-state index >= 15 is 0 Å². The zero-order valence-electron chi connectivity index (χ0n) is 9.64. The lowest BCUT2D eigenvalue weighted by molar-refractivity contribution is 0.629. The largest absolute Gasteiger partial charge is 0.338 e. The number of benzene rings is 1. The summed E-state index contributed by atoms with van der Waals surface area (Å²) >= 11 is 1.57. The van der Waals surface area contributed by atoms with Crippen LogP contribution in [-0.4, -0.2) is 21.2 Å². The van der Waals surface area contributed by atoms with E-state index in [4.69, 9.17) is 0 Å². The third-order valence-corrected chi connectivity index (χ3v) is 3.44. The summed E-state index contributed by atoms with van der Waals surface area (Å²) in [7, 11) is 0. The van der Waals surface area contributed by atoms with Gasteiger partial charge in [-0.25, -0.2) is 9.37 Å². The molecule has 0 saturated carbocycles. The van der Waals surface area contributed by atoms with Crippen LogP contribution in [0, 0.1) is 5.82 Å². The molecule has 1 N–H and O–H groups in total. The number of H-pyrrole nitrogens is 1. The van der Waals surface area contributed by atoms with E-state index < -0.39 is 0 Å². The van der Waals surface area contributed by atoms with Crippen LogP contribution >= 0.6 is 11.8 Å². The second-order valence-corrected chi connectivity index (χ2v) is 4.70. The van der Waals surface area contributed by atoms with Crippen molar-refractivity contribution in [2.24, 2.45) is 0 Å². The Hall–Kier alpha value is -1.88. The van der Waals surface area contributed by atoms with Crippen LogP contribution in [0.1, 0.15) is 0 Å². The second-order valence-electron chi connectivity index (χ2n) is 3.82. The maximum absolute atomic E-state index is 13.8. The first-order valence-electron chi connectivity index (χ1n) is 5.41. The normalized spacial score (nSPS) is 11.0. The van der Waals surface area contributed by atoms with Crippen LogP contribution in [0.15, 0.2) is 41.6 Å². The van der Waals surface area contributed by atoms with Crippen molar-refractivity contribution < 1.29 is 4.39 Å². The standard InChI is InChI=1S/C13H10FN3S/c1-18-8-2-3-10(14)9(6-8)13-16-11-4-5-15-7-12(11)17-13/h2-7H,1H3,(H,16,17). The van der Waals surface area contributed by atoms with Gasteiger partial charge in [0.2, 0.25) is 0 Å². The van der Waals surface area contributed by atoms with Crippen molar-refractivity contribution in [2.45, 2.75) is 4.90 Å². The highest BCUT2D eigenvalue weighted by molar-refractivity contribution is 7.98. The quantitative estimate of drug-likeness (QED) is 0.716. The van der Waals surface area contributed by atoms with Crippen LogP contribution in [0.2, 0.25) is 0 Å². The topological polar surface area (TPSA) is 41.6 Å². The number of thioether (sulfide) groups is 1. The van der Waals surface area contributed by atoms with Gasteiger partial charge in [-0.3, -0.25) is 4.98 Å². The summed E-state index contributed by atoms with van der Waals surface area (Å²) in [5.41, 5.74) is 2.08. The maximum Gasteiger partial charge on any atom is 0.141 e. The van der Waals surface area contributed by atoms with Crippen LogP contribution in [-0.2, 0) is 0 Å². The smallest absolute Gasteiger partial charge is 0.141 e. The van der Waals surface area contributed by atoms with Crippen molar-refractivity contribution in [2.75, 3.05) is 6.26 Å². The molecule has 3 aromatic rings. The van der Waals surface area contributed by atoms with Crippen molar-refractivity contribution in [3.8, 4) is 11.4 Å². The number of nitrogens with zero attached hydrogens (tertiary/aromatic N) is 2. The molecule has 3 rings (SSSR count). The number of pyridine rings is 1. The first-order valence-corrected chi connectivity index (χ1v) is 6.64. The maximum atomic E-state index is 13.8. The van der Waals surface area contributed by atoms with Crippen LogP contribution in [0.5, 0.6) is 0 Å². The summed E-state index contributed by atoms with van der Waals surface area (Å²) in [6, 6.07) is 6.84. The Balaban J connectivity index is 2.19. The summed E-state index contributed by atoms with van der Waals surface area (Å²) in [6.45, 7) is 0. The minimum absolute atomic E-state index is 0.278. The Morgan fingerprint density at radius 2 is 2.17 bits per heavy atom. The molecule has 2 aromatic heterocycles. The third kappa shape index (κ3) is 1.86. The number of fused-ring (bicyclic) bond motifs is 1. The van der Waals surface area contributed by atoms with Gasteiger partial charge in [0.05, 0.1) is 17.3 Å². The number of rotatable bonds is 2. The Morgan fingerprint density at radius 1 is 1.28 bits per heavy atom. The fourth-order valence-electron chi connectivity index (χ4n) is 1.80. The Kier molecular flexibility index (Phi) is 2.76. The van der Waals surface area contributed by atoms with Crippen molar-refractivity contribution in [3.05, 3.63) is 42.5 Å². The fourth-order valence-corrected chi connectivity index (χ4v) is 2.24. The number of aromatic amines is 1. The Labute approximate surface area is 107 Å². The molecule has 0 aliphatic rings. The second kappa shape index (κ2) is 4.42. The highest BCUT2D eigenvalue weighted by Gasteiger charge is 2.10. The molecular formula is C13H10FN3S. The molecule has 0 bridgehead atoms. The van der Waals surface area contributed by atoms with Gasteiger partial charge in [0.25, 0.3) is 0 Å². The third-order valence-electron chi connectivity index (χ3n) is 2.71. The van der Waals surface area contributed by atoms with Crippen LogP contribution < -0.4 is 0 Å². The average molecular weight is 259 g/mol. The minimum atomic E-state index is -0.278. The van der Waals surface area contributed by atoms with Crippen LogP contribution in [0.25, 0.3) is 22.4 Å². The lowest BCUT2D eigenvalue weighted by Crippen LogP contribution is -1.87. The number of hydrogen-bond acceptors (Lipinski definition) is 3. The summed E-state index contributed by atoms with van der Waals surface area (Å²) in [4.78, 5) is 12.5. The van der Waals surface area contributed by atoms with E-state index in [1.54, 1.807) is 36.3 Å². The van der Waals surface area contributed by atoms with Gasteiger partial charge in [-0.1, -0.05) is 0 Å². The van der Waals surface area contributed by atoms with Crippen molar-refractivity contribution in [1.29, 1.82) is 0 Å². The van der Waals surface area contributed by atoms with E-state index in [0.29, 0.717) is 11.4 Å². The van der Waals surface area contributed by atoms with Crippen molar-refractivity contribution in [1.82, 2.24) is 15.0 Å². The zero-order chi connectivity index (χ0) is 12.5. The zero-order valence-corrected chi connectivity index (χ0v) is 10.5. The molecule has 0 atom stereocenters. The molecule has 0 amide bonds. The molecule has 3 nitrogen and oxygen atoms in total. The molecule has 0 radical (unpaired) electrons. The molecule has 5 heteroatoms. The molecule has 1 aromatic carbocycles. The first kappa shape index (κ1) is 11.2. The van der Waals surface area contributed by atoms with Crippen molar-refractivity contribution >= 4 is 22.8 Å². The lowest BCUT2D eigenvalue weighted by atomic mass is 10.2. The van der Waals surface area contributed by atoms with Gasteiger partial charge in [-0.2, -0.15) is 0 Å². The molecule has 90 valence electrons. The number of hydrogen-bond donors (Lipinski definition) is 1. The lowest BCUT2D eigenvalue weighted by Gasteiger charge is -2.02. The van der Waals surface area contributed by atoms with E-state index in [9.17, 15) is 4.39 Å². The van der Waals surface area contributed by atoms with Gasteiger partial charge in [0.1, 0.15) is 17.2 Å². The molecule has 0 aliphatic carbocycles. The van der Waals surface area contributed by atoms with Crippen molar-refractivity contribution in [3.63, 3.8) is 0 Å². The summed E-state index contributed by atoms with van der Waals surface area (Å²) < 4.78 is 13.8. The van der Waals surface area contributed by atoms with Gasteiger partial charge in [-0.15, -0.1) is 11.8 Å². The van der Waals surface area contributed by atoms with E-state index in [1.807, 2.05) is 12.3 Å². The minimum Gasteiger partial charge on any atom is -0.338 e. The summed E-state index contributed by atoms with van der Waals surface area (Å²) in [5.74, 6) is 0.256. The number of nitrogens with one attached hydrogen (secondary N) is 1. The van der Waals surface area contributed by atoms with Crippen LogP contribution in [0.4, 0.5) is 4.39 Å². The Bertz CT molecular complexity index is 675. The van der Waals surface area contributed by atoms with E-state index in [2.05, 4.69) is 15.0 Å². The molecule has 0 spiro atoms. The molecule has 18 heavy (non-hydrogen) atoms. The van der Waals surface area contributed by atoms with Gasteiger partial charge in [-0.05, 0) is 30.5 Å². The molecular weight excluding hydrogens is 249 g/mol. The molecule has 0 fully saturated rings. The van der Waals surface area contributed by atoms with E-state index in [-0.39, 0.29) is 5.82 Å². The van der Waals surface area contributed by atoms with Gasteiger partial charge < -0.3 is 4.98 Å². The summed E-state index contributed by atoms with van der Waals surface area (Å²) in [5, 5.41) is 0. The predicted molar refractivity (Wildman–Crippen MR) is 71.1 cm³/mol. The Morgan fingerprint density at radius 3 is 2.94 bits per heavy atom. The van der Waals surface area contributed by atoms with Gasteiger partial charge in [0, 0.05) is 11.1 Å². The number of halogens is 1. The van der Waals surface area contributed by atoms with E-state index in [0.717, 1.165) is 15.9 Å². The molecule has 0 aliphatic heterocycles. The molecule has 2 heterocycles.